The second-order valence-electron chi connectivity index (χ2n) is 2.58. The number of ether oxygens (including phenoxy) is 1. The third kappa shape index (κ3) is 0.986. The van der Waals surface area contributed by atoms with Crippen LogP contribution in [0.2, 0.25) is 0 Å². The lowest BCUT2D eigenvalue weighted by Gasteiger charge is -2.18. The summed E-state index contributed by atoms with van der Waals surface area (Å²) >= 11 is 0. The Morgan fingerprint density at radius 2 is 2.54 bits per heavy atom. The predicted octanol–water partition coefficient (Wildman–Crippen LogP) is 0.0130. The zero-order valence-corrected chi connectivity index (χ0v) is 6.51. The molecule has 0 bridgehead atoms. The first-order valence-corrected chi connectivity index (χ1v) is 3.56. The van der Waals surface area contributed by atoms with Gasteiger partial charge in [0, 0.05) is 6.07 Å². The fourth-order valence-corrected chi connectivity index (χ4v) is 1.12. The maximum absolute atomic E-state index is 10.9. The summed E-state index contributed by atoms with van der Waals surface area (Å²) in [7, 11) is 0. The summed E-state index contributed by atoms with van der Waals surface area (Å²) in [4.78, 5) is 14.6. The van der Waals surface area contributed by atoms with Gasteiger partial charge in [-0.1, -0.05) is 5.16 Å². The van der Waals surface area contributed by atoms with Crippen molar-refractivity contribution in [2.45, 2.75) is 5.60 Å². The summed E-state index contributed by atoms with van der Waals surface area (Å²) in [6.07, 6.45) is 2.41. The lowest BCUT2D eigenvalue weighted by atomic mass is 10.0. The summed E-state index contributed by atoms with van der Waals surface area (Å²) in [5.74, 6) is -1.13. The molecule has 1 aromatic heterocycles. The molecule has 0 aromatic carbocycles. The maximum atomic E-state index is 10.9. The van der Waals surface area contributed by atoms with Crippen molar-refractivity contribution >= 4 is 12.4 Å². The van der Waals surface area contributed by atoms with E-state index in [1.165, 1.54) is 12.3 Å². The Bertz CT molecular complexity index is 335. The predicted molar refractivity (Wildman–Crippen MR) is 40.3 cm³/mol. The zero-order chi connectivity index (χ0) is 9.31. The molecule has 0 aliphatic carbocycles. The van der Waals surface area contributed by atoms with Gasteiger partial charge in [0.2, 0.25) is 0 Å². The number of carboxylic acids is 1. The molecule has 6 heteroatoms. The highest BCUT2D eigenvalue weighted by atomic mass is 16.5. The molecule has 1 atom stereocenters. The summed E-state index contributed by atoms with van der Waals surface area (Å²) < 4.78 is 9.49. The highest BCUT2D eigenvalue weighted by Crippen LogP contribution is 2.27. The molecule has 2 rings (SSSR count). The van der Waals surface area contributed by atoms with E-state index >= 15 is 0 Å². The number of nitrogens with zero attached hydrogens (tertiary/aromatic N) is 2. The second kappa shape index (κ2) is 2.58. The van der Waals surface area contributed by atoms with Crippen LogP contribution >= 0.6 is 0 Å². The topological polar surface area (TPSA) is 84.9 Å². The molecule has 1 unspecified atom stereocenters. The van der Waals surface area contributed by atoms with Crippen molar-refractivity contribution in [3.8, 4) is 0 Å². The maximum Gasteiger partial charge on any atom is 0.356 e. The van der Waals surface area contributed by atoms with Gasteiger partial charge in [0.05, 0.1) is 6.54 Å². The Hall–Kier alpha value is -1.85. The van der Waals surface area contributed by atoms with Crippen LogP contribution in [-0.2, 0) is 15.1 Å². The SMILES string of the molecule is O=C(O)C1(c2ccon2)CN=CO1. The van der Waals surface area contributed by atoms with Gasteiger partial charge in [-0.2, -0.15) is 0 Å². The standard InChI is InChI=1S/C7H6N2O4/c10-6(11)7(3-8-4-12-7)5-1-2-13-9-5/h1-2,4H,3H2,(H,10,11). The Morgan fingerprint density at radius 3 is 3.00 bits per heavy atom. The smallest absolute Gasteiger partial charge is 0.356 e. The largest absolute Gasteiger partial charge is 0.478 e. The van der Waals surface area contributed by atoms with Crippen molar-refractivity contribution in [3.05, 3.63) is 18.0 Å². The molecule has 0 radical (unpaired) electrons. The average Bonchev–Trinajstić information content (AvgIpc) is 2.75. The van der Waals surface area contributed by atoms with Crippen molar-refractivity contribution in [2.75, 3.05) is 6.54 Å². The number of hydrogen-bond donors (Lipinski definition) is 1. The van der Waals surface area contributed by atoms with Crippen molar-refractivity contribution in [3.63, 3.8) is 0 Å². The van der Waals surface area contributed by atoms with Crippen LogP contribution in [-0.4, -0.2) is 29.2 Å². The van der Waals surface area contributed by atoms with Gasteiger partial charge in [0.25, 0.3) is 5.60 Å². The zero-order valence-electron chi connectivity index (χ0n) is 6.51. The van der Waals surface area contributed by atoms with Crippen molar-refractivity contribution in [1.82, 2.24) is 5.16 Å². The van der Waals surface area contributed by atoms with E-state index in [1.54, 1.807) is 0 Å². The van der Waals surface area contributed by atoms with Crippen molar-refractivity contribution in [2.24, 2.45) is 4.99 Å². The lowest BCUT2D eigenvalue weighted by Crippen LogP contribution is -2.38. The molecule has 0 saturated carbocycles. The first-order chi connectivity index (χ1) is 6.26. The highest BCUT2D eigenvalue weighted by Gasteiger charge is 2.47. The van der Waals surface area contributed by atoms with E-state index in [1.807, 2.05) is 0 Å². The number of carboxylic acid groups (broad SMARTS) is 1. The Kier molecular flexibility index (Phi) is 1.54. The fraction of sp³-hybridized carbons (Fsp3) is 0.286. The first-order valence-electron chi connectivity index (χ1n) is 3.56. The number of rotatable bonds is 2. The van der Waals surface area contributed by atoms with Crippen LogP contribution in [0.4, 0.5) is 0 Å². The van der Waals surface area contributed by atoms with Crippen LogP contribution in [0.15, 0.2) is 21.8 Å². The molecule has 68 valence electrons. The van der Waals surface area contributed by atoms with Gasteiger partial charge in [-0.05, 0) is 0 Å². The number of hydrogen-bond acceptors (Lipinski definition) is 5. The molecule has 1 aromatic rings. The van der Waals surface area contributed by atoms with Gasteiger partial charge in [-0.15, -0.1) is 0 Å². The van der Waals surface area contributed by atoms with Crippen LogP contribution in [0.25, 0.3) is 0 Å². The van der Waals surface area contributed by atoms with Gasteiger partial charge < -0.3 is 14.4 Å². The van der Waals surface area contributed by atoms with Crippen LogP contribution < -0.4 is 0 Å². The van der Waals surface area contributed by atoms with Crippen LogP contribution in [0.5, 0.6) is 0 Å². The van der Waals surface area contributed by atoms with Crippen LogP contribution in [0.3, 0.4) is 0 Å². The van der Waals surface area contributed by atoms with Gasteiger partial charge >= 0.3 is 5.97 Å². The Morgan fingerprint density at radius 1 is 1.69 bits per heavy atom. The molecule has 0 spiro atoms. The van der Waals surface area contributed by atoms with Gasteiger partial charge in [0.1, 0.15) is 12.0 Å². The number of aromatic nitrogens is 1. The number of aliphatic carboxylic acids is 1. The number of aliphatic imine (C=N–C) groups is 1. The summed E-state index contributed by atoms with van der Waals surface area (Å²) in [6.45, 7) is 0.0227. The monoisotopic (exact) mass is 182 g/mol. The van der Waals surface area contributed by atoms with E-state index < -0.39 is 11.6 Å². The van der Waals surface area contributed by atoms with E-state index in [4.69, 9.17) is 9.84 Å². The minimum Gasteiger partial charge on any atom is -0.478 e. The Labute approximate surface area is 72.8 Å². The minimum atomic E-state index is -1.49. The van der Waals surface area contributed by atoms with E-state index in [0.717, 1.165) is 6.40 Å². The lowest BCUT2D eigenvalue weighted by molar-refractivity contribution is -0.155. The molecule has 13 heavy (non-hydrogen) atoms. The van der Waals surface area contributed by atoms with Crippen LogP contribution in [0, 0.1) is 0 Å². The molecule has 2 heterocycles. The fourth-order valence-electron chi connectivity index (χ4n) is 1.12. The van der Waals surface area contributed by atoms with E-state index in [0.29, 0.717) is 0 Å². The van der Waals surface area contributed by atoms with E-state index in [2.05, 4.69) is 14.7 Å². The summed E-state index contributed by atoms with van der Waals surface area (Å²) in [5.41, 5.74) is -1.27. The third-order valence-corrected chi connectivity index (χ3v) is 1.84. The van der Waals surface area contributed by atoms with Gasteiger partial charge in [-0.3, -0.25) is 4.99 Å². The Balaban J connectivity index is 2.41. The molecule has 0 fully saturated rings. The molecule has 1 aliphatic heterocycles. The molecule has 6 nitrogen and oxygen atoms in total. The highest BCUT2D eigenvalue weighted by molar-refractivity contribution is 5.82. The van der Waals surface area contributed by atoms with E-state index in [9.17, 15) is 4.79 Å². The first kappa shape index (κ1) is 7.78. The minimum absolute atomic E-state index is 0.0227. The van der Waals surface area contributed by atoms with Crippen molar-refractivity contribution < 1.29 is 19.2 Å². The normalized spacial score (nSPS) is 25.8. The summed E-state index contributed by atoms with van der Waals surface area (Å²) in [6, 6.07) is 1.45. The molecule has 1 N–H and O–H groups in total. The quantitative estimate of drug-likeness (QED) is 0.696. The van der Waals surface area contributed by atoms with Crippen molar-refractivity contribution in [1.29, 1.82) is 0 Å². The average molecular weight is 182 g/mol. The van der Waals surface area contributed by atoms with Crippen LogP contribution in [0.1, 0.15) is 5.69 Å². The number of carbonyl (C=O) groups is 1. The molecular weight excluding hydrogens is 176 g/mol. The third-order valence-electron chi connectivity index (χ3n) is 1.84. The molecule has 0 saturated heterocycles. The van der Waals surface area contributed by atoms with Gasteiger partial charge in [0.15, 0.2) is 6.40 Å². The second-order valence-corrected chi connectivity index (χ2v) is 2.58. The van der Waals surface area contributed by atoms with Gasteiger partial charge in [-0.25, -0.2) is 4.79 Å². The molecule has 0 amide bonds. The summed E-state index contributed by atoms with van der Waals surface area (Å²) in [5, 5.41) is 12.5. The molecule has 1 aliphatic rings. The van der Waals surface area contributed by atoms with E-state index in [-0.39, 0.29) is 12.2 Å². The molecular formula is C7H6N2O4.